The zero-order valence-corrected chi connectivity index (χ0v) is 12.9. The number of ether oxygens (including phenoxy) is 1. The van der Waals surface area contributed by atoms with Crippen molar-refractivity contribution in [3.8, 4) is 0 Å². The van der Waals surface area contributed by atoms with Crippen molar-refractivity contribution in [2.75, 3.05) is 19.7 Å². The summed E-state index contributed by atoms with van der Waals surface area (Å²) in [7, 11) is 0. The number of carbonyl (C=O) groups excluding carboxylic acids is 2. The summed E-state index contributed by atoms with van der Waals surface area (Å²) >= 11 is 0. The molecular formula is C15H26N2O4. The van der Waals surface area contributed by atoms with Crippen LogP contribution in [0.5, 0.6) is 0 Å². The summed E-state index contributed by atoms with van der Waals surface area (Å²) in [6.45, 7) is 4.95. The van der Waals surface area contributed by atoms with E-state index in [1.165, 1.54) is 13.8 Å². The fourth-order valence-electron chi connectivity index (χ4n) is 3.29. The number of rotatable bonds is 4. The van der Waals surface area contributed by atoms with Crippen molar-refractivity contribution in [3.63, 3.8) is 0 Å². The molecule has 0 bridgehead atoms. The van der Waals surface area contributed by atoms with E-state index in [0.717, 1.165) is 25.7 Å². The molecule has 2 fully saturated rings. The average Bonchev–Trinajstić information content (AvgIpc) is 2.86. The van der Waals surface area contributed by atoms with Gasteiger partial charge in [-0.05, 0) is 45.4 Å². The van der Waals surface area contributed by atoms with E-state index in [1.54, 1.807) is 4.90 Å². The number of hydrogen-bond acceptors (Lipinski definition) is 4. The van der Waals surface area contributed by atoms with Crippen molar-refractivity contribution in [1.82, 2.24) is 4.90 Å². The minimum absolute atomic E-state index is 0.0657. The van der Waals surface area contributed by atoms with Gasteiger partial charge in [0, 0.05) is 19.7 Å². The normalized spacial score (nSPS) is 27.9. The van der Waals surface area contributed by atoms with Crippen LogP contribution < -0.4 is 5.73 Å². The summed E-state index contributed by atoms with van der Waals surface area (Å²) in [4.78, 5) is 25.1. The quantitative estimate of drug-likeness (QED) is 0.779. The van der Waals surface area contributed by atoms with Crippen molar-refractivity contribution in [3.05, 3.63) is 0 Å². The Morgan fingerprint density at radius 2 is 1.90 bits per heavy atom. The first-order valence-corrected chi connectivity index (χ1v) is 7.71. The molecule has 6 heteroatoms. The van der Waals surface area contributed by atoms with Crippen molar-refractivity contribution < 1.29 is 19.4 Å². The van der Waals surface area contributed by atoms with Crippen molar-refractivity contribution in [2.45, 2.75) is 51.2 Å². The number of nitrogens with zero attached hydrogens (tertiary/aromatic N) is 1. The Labute approximate surface area is 125 Å². The number of primary amides is 1. The molecule has 2 atom stereocenters. The molecule has 0 unspecified atom stereocenters. The standard InChI is InChI=1S/C15H26N2O4/c1-15(2,20)14(19)17-6-3-10(4-7-17)9-12-11(13(16)18)5-8-21-12/h10-12,20H,3-9H2,1-2H3,(H2,16,18)/t11-,12-/m1/s1. The summed E-state index contributed by atoms with van der Waals surface area (Å²) in [5.41, 5.74) is 4.10. The van der Waals surface area contributed by atoms with Gasteiger partial charge in [-0.3, -0.25) is 9.59 Å². The molecule has 2 aliphatic rings. The summed E-state index contributed by atoms with van der Waals surface area (Å²) in [6, 6.07) is 0. The Balaban J connectivity index is 1.82. The van der Waals surface area contributed by atoms with E-state index in [4.69, 9.17) is 10.5 Å². The molecule has 0 saturated carbocycles. The second-order valence-corrected chi connectivity index (χ2v) is 6.74. The van der Waals surface area contributed by atoms with E-state index in [0.29, 0.717) is 25.6 Å². The smallest absolute Gasteiger partial charge is 0.253 e. The largest absolute Gasteiger partial charge is 0.381 e. The van der Waals surface area contributed by atoms with E-state index in [2.05, 4.69) is 0 Å². The summed E-state index contributed by atoms with van der Waals surface area (Å²) in [6.07, 6.45) is 3.25. The SMILES string of the molecule is CC(C)(O)C(=O)N1CCC(C[C@H]2OCC[C@H]2C(N)=O)CC1. The highest BCUT2D eigenvalue weighted by atomic mass is 16.5. The topological polar surface area (TPSA) is 92.9 Å². The second kappa shape index (κ2) is 6.32. The number of aliphatic hydroxyl groups is 1. The van der Waals surface area contributed by atoms with Crippen LogP contribution in [0.1, 0.15) is 39.5 Å². The maximum absolute atomic E-state index is 12.0. The van der Waals surface area contributed by atoms with Crippen LogP contribution in [-0.2, 0) is 14.3 Å². The second-order valence-electron chi connectivity index (χ2n) is 6.74. The van der Waals surface area contributed by atoms with Crippen LogP contribution in [0.15, 0.2) is 0 Å². The van der Waals surface area contributed by atoms with Gasteiger partial charge in [0.15, 0.2) is 0 Å². The van der Waals surface area contributed by atoms with Gasteiger partial charge in [-0.25, -0.2) is 0 Å². The lowest BCUT2D eigenvalue weighted by molar-refractivity contribution is -0.149. The molecule has 0 aromatic heterocycles. The van der Waals surface area contributed by atoms with Gasteiger partial charge in [-0.1, -0.05) is 0 Å². The van der Waals surface area contributed by atoms with E-state index >= 15 is 0 Å². The zero-order valence-electron chi connectivity index (χ0n) is 12.9. The number of carbonyl (C=O) groups is 2. The summed E-state index contributed by atoms with van der Waals surface area (Å²) in [5.74, 6) is -0.206. The molecule has 2 amide bonds. The van der Waals surface area contributed by atoms with Crippen molar-refractivity contribution in [2.24, 2.45) is 17.6 Å². The Bertz CT molecular complexity index is 397. The Hall–Kier alpha value is -1.14. The molecule has 2 aliphatic heterocycles. The zero-order chi connectivity index (χ0) is 15.6. The van der Waals surface area contributed by atoms with Crippen LogP contribution in [0.3, 0.4) is 0 Å². The third-order valence-electron chi connectivity index (χ3n) is 4.57. The van der Waals surface area contributed by atoms with Gasteiger partial charge in [-0.15, -0.1) is 0 Å². The third kappa shape index (κ3) is 3.95. The minimum atomic E-state index is -1.31. The van der Waals surface area contributed by atoms with Gasteiger partial charge >= 0.3 is 0 Å². The van der Waals surface area contributed by atoms with Crippen molar-refractivity contribution in [1.29, 1.82) is 0 Å². The molecular weight excluding hydrogens is 272 g/mol. The van der Waals surface area contributed by atoms with Gasteiger partial charge in [0.25, 0.3) is 5.91 Å². The van der Waals surface area contributed by atoms with Crippen molar-refractivity contribution >= 4 is 11.8 Å². The molecule has 0 aliphatic carbocycles. The van der Waals surface area contributed by atoms with Crippen LogP contribution in [0.2, 0.25) is 0 Å². The highest BCUT2D eigenvalue weighted by Gasteiger charge is 2.36. The minimum Gasteiger partial charge on any atom is -0.381 e. The van der Waals surface area contributed by atoms with Crippen LogP contribution in [0.25, 0.3) is 0 Å². The maximum Gasteiger partial charge on any atom is 0.253 e. The lowest BCUT2D eigenvalue weighted by Gasteiger charge is -2.36. The van der Waals surface area contributed by atoms with Gasteiger partial charge < -0.3 is 20.5 Å². The number of nitrogens with two attached hydrogens (primary N) is 1. The van der Waals surface area contributed by atoms with E-state index in [-0.39, 0.29) is 23.8 Å². The molecule has 2 saturated heterocycles. The van der Waals surface area contributed by atoms with Crippen LogP contribution in [-0.4, -0.2) is 53.2 Å². The number of likely N-dealkylation sites (tertiary alicyclic amines) is 1. The summed E-state index contributed by atoms with van der Waals surface area (Å²) in [5, 5.41) is 9.77. The lowest BCUT2D eigenvalue weighted by atomic mass is 9.86. The van der Waals surface area contributed by atoms with Crippen LogP contribution >= 0.6 is 0 Å². The molecule has 0 aromatic carbocycles. The Morgan fingerprint density at radius 1 is 1.29 bits per heavy atom. The molecule has 21 heavy (non-hydrogen) atoms. The average molecular weight is 298 g/mol. The molecule has 3 N–H and O–H groups in total. The maximum atomic E-state index is 12.0. The van der Waals surface area contributed by atoms with E-state index < -0.39 is 5.60 Å². The first-order chi connectivity index (χ1) is 9.79. The summed E-state index contributed by atoms with van der Waals surface area (Å²) < 4.78 is 5.64. The third-order valence-corrected chi connectivity index (χ3v) is 4.57. The monoisotopic (exact) mass is 298 g/mol. The molecule has 0 spiro atoms. The molecule has 0 aromatic rings. The first kappa shape index (κ1) is 16.2. The lowest BCUT2D eigenvalue weighted by Crippen LogP contribution is -2.48. The predicted molar refractivity (Wildman–Crippen MR) is 77.3 cm³/mol. The molecule has 2 rings (SSSR count). The van der Waals surface area contributed by atoms with E-state index in [1.807, 2.05) is 0 Å². The number of piperidine rings is 1. The van der Waals surface area contributed by atoms with E-state index in [9.17, 15) is 14.7 Å². The van der Waals surface area contributed by atoms with Gasteiger partial charge in [0.2, 0.25) is 5.91 Å². The Kier molecular flexibility index (Phi) is 4.88. The highest BCUT2D eigenvalue weighted by molar-refractivity contribution is 5.84. The highest BCUT2D eigenvalue weighted by Crippen LogP contribution is 2.31. The molecule has 6 nitrogen and oxygen atoms in total. The van der Waals surface area contributed by atoms with Gasteiger partial charge in [0.1, 0.15) is 5.60 Å². The molecule has 120 valence electrons. The van der Waals surface area contributed by atoms with Crippen LogP contribution in [0.4, 0.5) is 0 Å². The Morgan fingerprint density at radius 3 is 2.43 bits per heavy atom. The number of amides is 2. The van der Waals surface area contributed by atoms with Gasteiger partial charge in [0.05, 0.1) is 12.0 Å². The molecule has 0 radical (unpaired) electrons. The van der Waals surface area contributed by atoms with Gasteiger partial charge in [-0.2, -0.15) is 0 Å². The van der Waals surface area contributed by atoms with Crippen LogP contribution in [0, 0.1) is 11.8 Å². The number of hydrogen-bond donors (Lipinski definition) is 2. The fourth-order valence-corrected chi connectivity index (χ4v) is 3.29. The molecule has 2 heterocycles. The first-order valence-electron chi connectivity index (χ1n) is 7.71. The predicted octanol–water partition coefficient (Wildman–Crippen LogP) is 0.276. The fraction of sp³-hybridized carbons (Fsp3) is 0.867.